The van der Waals surface area contributed by atoms with Crippen LogP contribution in [0.2, 0.25) is 0 Å². The molecule has 0 amide bonds. The average Bonchev–Trinajstić information content (AvgIpc) is 3.96. The van der Waals surface area contributed by atoms with Crippen molar-refractivity contribution in [3.8, 4) is 56.3 Å². The monoisotopic (exact) mass is 700 g/mol. The van der Waals surface area contributed by atoms with Gasteiger partial charge in [-0.2, -0.15) is 0 Å². The predicted molar refractivity (Wildman–Crippen MR) is 219 cm³/mol. The van der Waals surface area contributed by atoms with Gasteiger partial charge in [-0.15, -0.1) is 10.2 Å². The molecule has 0 saturated heterocycles. The van der Waals surface area contributed by atoms with Crippen LogP contribution in [0.4, 0.5) is 0 Å². The zero-order valence-electron chi connectivity index (χ0n) is 29.8. The lowest BCUT2D eigenvalue weighted by molar-refractivity contribution is 0.584. The molecule has 0 saturated carbocycles. The topological polar surface area (TPSA) is 38.9 Å². The van der Waals surface area contributed by atoms with Crippen molar-refractivity contribution in [2.45, 2.75) is 10.8 Å². The summed E-state index contributed by atoms with van der Waals surface area (Å²) < 4.78 is 6.13. The van der Waals surface area contributed by atoms with Crippen molar-refractivity contribution >= 4 is 0 Å². The highest BCUT2D eigenvalue weighted by Crippen LogP contribution is 2.69. The van der Waals surface area contributed by atoms with Crippen molar-refractivity contribution in [3.63, 3.8) is 0 Å². The van der Waals surface area contributed by atoms with Gasteiger partial charge in [0.1, 0.15) is 0 Å². The van der Waals surface area contributed by atoms with E-state index in [1.54, 1.807) is 0 Å². The van der Waals surface area contributed by atoms with Crippen molar-refractivity contribution in [2.75, 3.05) is 0 Å². The van der Waals surface area contributed by atoms with Gasteiger partial charge in [0.2, 0.25) is 11.8 Å². The van der Waals surface area contributed by atoms with Crippen LogP contribution in [0.3, 0.4) is 0 Å². The van der Waals surface area contributed by atoms with E-state index in [1.165, 1.54) is 72.3 Å². The molecule has 12 rings (SSSR count). The van der Waals surface area contributed by atoms with Gasteiger partial charge in [0.25, 0.3) is 0 Å². The van der Waals surface area contributed by atoms with Gasteiger partial charge in [0.15, 0.2) is 0 Å². The quantitative estimate of drug-likeness (QED) is 0.183. The molecule has 2 atom stereocenters. The van der Waals surface area contributed by atoms with Crippen LogP contribution in [0, 0.1) is 0 Å². The van der Waals surface area contributed by atoms with Crippen molar-refractivity contribution in [2.24, 2.45) is 0 Å². The summed E-state index contributed by atoms with van der Waals surface area (Å²) in [5.41, 5.74) is 19.1. The minimum absolute atomic E-state index is 0.452. The number of fused-ring (bicyclic) bond motifs is 12. The van der Waals surface area contributed by atoms with Crippen LogP contribution < -0.4 is 0 Å². The first-order valence-electron chi connectivity index (χ1n) is 18.9. The molecule has 1 unspecified atom stereocenters. The minimum Gasteiger partial charge on any atom is -0.416 e. The molecule has 9 aromatic rings. The van der Waals surface area contributed by atoms with Crippen LogP contribution in [0.15, 0.2) is 199 Å². The molecule has 0 aliphatic heterocycles. The van der Waals surface area contributed by atoms with E-state index >= 15 is 0 Å². The number of nitrogens with zero attached hydrogens (tertiary/aromatic N) is 2. The number of rotatable bonds is 4. The number of benzene rings is 8. The highest BCUT2D eigenvalue weighted by atomic mass is 16.4. The first-order valence-corrected chi connectivity index (χ1v) is 18.9. The Morgan fingerprint density at radius 3 is 1.49 bits per heavy atom. The second kappa shape index (κ2) is 11.2. The van der Waals surface area contributed by atoms with Crippen LogP contribution in [0.25, 0.3) is 56.3 Å². The van der Waals surface area contributed by atoms with Crippen LogP contribution in [0.5, 0.6) is 0 Å². The highest BCUT2D eigenvalue weighted by molar-refractivity contribution is 5.99. The van der Waals surface area contributed by atoms with Crippen molar-refractivity contribution in [1.82, 2.24) is 10.2 Å². The van der Waals surface area contributed by atoms with Crippen molar-refractivity contribution in [3.05, 3.63) is 239 Å². The molecule has 3 aliphatic rings. The predicted octanol–water partition coefficient (Wildman–Crippen LogP) is 12.1. The summed E-state index contributed by atoms with van der Waals surface area (Å²) in [4.78, 5) is 0. The molecule has 3 nitrogen and oxygen atoms in total. The Bertz CT molecular complexity index is 2980. The van der Waals surface area contributed by atoms with Gasteiger partial charge < -0.3 is 4.42 Å². The Labute approximate surface area is 319 Å². The van der Waals surface area contributed by atoms with Crippen LogP contribution in [0.1, 0.15) is 44.5 Å². The lowest BCUT2D eigenvalue weighted by Crippen LogP contribution is -2.43. The number of hydrogen-bond donors (Lipinski definition) is 0. The van der Waals surface area contributed by atoms with E-state index in [-0.39, 0.29) is 0 Å². The number of aromatic nitrogens is 2. The van der Waals surface area contributed by atoms with E-state index in [4.69, 9.17) is 4.42 Å². The molecule has 8 aromatic carbocycles. The third-order valence-corrected chi connectivity index (χ3v) is 12.4. The van der Waals surface area contributed by atoms with Gasteiger partial charge in [-0.3, -0.25) is 0 Å². The Morgan fingerprint density at radius 1 is 0.309 bits per heavy atom. The molecule has 3 aliphatic carbocycles. The number of hydrogen-bond acceptors (Lipinski definition) is 3. The van der Waals surface area contributed by atoms with E-state index in [2.05, 4.69) is 174 Å². The van der Waals surface area contributed by atoms with E-state index in [0.717, 1.165) is 16.7 Å². The SMILES string of the molecule is c1ccc(-c2nnc(-c3ccc(-c4cccc5c4-c4ccccc4[C@]54c5ccccc5C5(c6ccccc6)c6ccccc6-c6cccc4c65)cc3)o2)cc1. The molecule has 3 heteroatoms. The minimum atomic E-state index is -0.526. The fourth-order valence-electron chi connectivity index (χ4n) is 10.4. The molecule has 0 radical (unpaired) electrons. The molecular weight excluding hydrogens is 669 g/mol. The van der Waals surface area contributed by atoms with Gasteiger partial charge in [0.05, 0.1) is 10.8 Å². The first-order chi connectivity index (χ1) is 27.3. The summed E-state index contributed by atoms with van der Waals surface area (Å²) in [5, 5.41) is 8.73. The maximum atomic E-state index is 6.13. The zero-order valence-corrected chi connectivity index (χ0v) is 29.8. The van der Waals surface area contributed by atoms with Crippen LogP contribution >= 0.6 is 0 Å². The molecule has 1 heterocycles. The summed E-state index contributed by atoms with van der Waals surface area (Å²) >= 11 is 0. The maximum absolute atomic E-state index is 6.13. The molecule has 0 bridgehead atoms. The summed E-state index contributed by atoms with van der Waals surface area (Å²) in [6.45, 7) is 0. The summed E-state index contributed by atoms with van der Waals surface area (Å²) in [7, 11) is 0. The average molecular weight is 701 g/mol. The molecule has 1 aromatic heterocycles. The summed E-state index contributed by atoms with van der Waals surface area (Å²) in [5.74, 6) is 1.02. The fraction of sp³-hybridized carbons (Fsp3) is 0.0385. The zero-order chi connectivity index (χ0) is 36.1. The fourth-order valence-corrected chi connectivity index (χ4v) is 10.4. The highest BCUT2D eigenvalue weighted by Gasteiger charge is 2.59. The van der Waals surface area contributed by atoms with Crippen LogP contribution in [-0.4, -0.2) is 10.2 Å². The van der Waals surface area contributed by atoms with Crippen molar-refractivity contribution < 1.29 is 4.42 Å². The Morgan fingerprint density at radius 2 is 0.782 bits per heavy atom. The maximum Gasteiger partial charge on any atom is 0.248 e. The standard InChI is InChI=1S/C52H32N2O/c1-3-15-34(16-4-1)49-53-54-50(55-49)35-31-29-33(30-32-35)37-21-13-27-45-47(37)40-20-8-10-24-42(40)52(45)44-26-12-11-25-43(44)51(36-17-5-2-6-18-36)41-23-9-7-19-38(41)39-22-14-28-46(52)48(39)51/h1-32H/t51?,52-/m0/s1. The third-order valence-electron chi connectivity index (χ3n) is 12.4. The van der Waals surface area contributed by atoms with Crippen molar-refractivity contribution in [1.29, 1.82) is 0 Å². The summed E-state index contributed by atoms with van der Waals surface area (Å²) in [6.07, 6.45) is 0. The van der Waals surface area contributed by atoms with Gasteiger partial charge in [-0.25, -0.2) is 0 Å². The van der Waals surface area contributed by atoms with Gasteiger partial charge in [0, 0.05) is 11.1 Å². The molecule has 256 valence electrons. The lowest BCUT2D eigenvalue weighted by atomic mass is 9.52. The second-order valence-corrected chi connectivity index (χ2v) is 14.8. The second-order valence-electron chi connectivity index (χ2n) is 14.8. The van der Waals surface area contributed by atoms with Gasteiger partial charge in [-0.05, 0) is 102 Å². The summed E-state index contributed by atoms with van der Waals surface area (Å²) in [6, 6.07) is 71.0. The normalized spacial score (nSPS) is 18.0. The third kappa shape index (κ3) is 3.84. The Balaban J connectivity index is 1.11. The van der Waals surface area contributed by atoms with Crippen LogP contribution in [-0.2, 0) is 10.8 Å². The van der Waals surface area contributed by atoms with E-state index < -0.39 is 10.8 Å². The van der Waals surface area contributed by atoms with E-state index in [9.17, 15) is 0 Å². The van der Waals surface area contributed by atoms with Gasteiger partial charge in [-0.1, -0.05) is 170 Å². The van der Waals surface area contributed by atoms with E-state index in [0.29, 0.717) is 11.8 Å². The smallest absolute Gasteiger partial charge is 0.248 e. The molecular formula is C52H32N2O. The molecule has 55 heavy (non-hydrogen) atoms. The molecule has 1 spiro atoms. The van der Waals surface area contributed by atoms with E-state index in [1.807, 2.05) is 30.3 Å². The van der Waals surface area contributed by atoms with Gasteiger partial charge >= 0.3 is 0 Å². The molecule has 0 N–H and O–H groups in total. The first kappa shape index (κ1) is 30.4. The Kier molecular flexibility index (Phi) is 6.19. The Hall–Kier alpha value is -7.10. The largest absolute Gasteiger partial charge is 0.416 e. The lowest BCUT2D eigenvalue weighted by Gasteiger charge is -2.48. The molecule has 0 fully saturated rings.